The van der Waals surface area contributed by atoms with Gasteiger partial charge in [0.25, 0.3) is 0 Å². The summed E-state index contributed by atoms with van der Waals surface area (Å²) < 4.78 is 8.67. The van der Waals surface area contributed by atoms with E-state index in [1.54, 1.807) is 0 Å². The Balaban J connectivity index is 1.23. The normalized spacial score (nSPS) is 11.6. The number of fused-ring (bicyclic) bond motifs is 6. The van der Waals surface area contributed by atoms with Crippen LogP contribution in [0, 0.1) is 0 Å². The molecular formula is C46H29N3O. The van der Waals surface area contributed by atoms with Gasteiger partial charge in [-0.1, -0.05) is 146 Å². The average molecular weight is 640 g/mol. The summed E-state index contributed by atoms with van der Waals surface area (Å²) in [6, 6.07) is 61.3. The van der Waals surface area contributed by atoms with Crippen molar-refractivity contribution in [2.45, 2.75) is 0 Å². The zero-order valence-corrected chi connectivity index (χ0v) is 27.0. The van der Waals surface area contributed by atoms with E-state index in [1.165, 1.54) is 5.56 Å². The number of furan rings is 1. The molecule has 10 aromatic rings. The van der Waals surface area contributed by atoms with Gasteiger partial charge in [0.2, 0.25) is 0 Å². The summed E-state index contributed by atoms with van der Waals surface area (Å²) in [7, 11) is 0. The lowest BCUT2D eigenvalue weighted by Gasteiger charge is -2.11. The summed E-state index contributed by atoms with van der Waals surface area (Å²) >= 11 is 0. The van der Waals surface area contributed by atoms with Crippen LogP contribution < -0.4 is 0 Å². The zero-order chi connectivity index (χ0) is 33.0. The third kappa shape index (κ3) is 4.54. The molecule has 0 bridgehead atoms. The van der Waals surface area contributed by atoms with E-state index in [2.05, 4.69) is 144 Å². The smallest absolute Gasteiger partial charge is 0.162 e. The first-order valence-electron chi connectivity index (χ1n) is 16.8. The summed E-state index contributed by atoms with van der Waals surface area (Å²) in [4.78, 5) is 10.6. The summed E-state index contributed by atoms with van der Waals surface area (Å²) in [5.41, 5.74) is 12.2. The summed E-state index contributed by atoms with van der Waals surface area (Å²) in [5, 5.41) is 4.39. The third-order valence-corrected chi connectivity index (χ3v) is 9.64. The maximum absolute atomic E-state index is 6.39. The molecule has 0 aliphatic carbocycles. The maximum Gasteiger partial charge on any atom is 0.162 e. The molecule has 0 N–H and O–H groups in total. The molecule has 0 unspecified atom stereocenters. The highest BCUT2D eigenvalue weighted by atomic mass is 16.3. The predicted molar refractivity (Wildman–Crippen MR) is 205 cm³/mol. The quantitative estimate of drug-likeness (QED) is 0.188. The Labute approximate surface area is 288 Å². The van der Waals surface area contributed by atoms with Gasteiger partial charge >= 0.3 is 0 Å². The molecular weight excluding hydrogens is 611 g/mol. The fourth-order valence-electron chi connectivity index (χ4n) is 7.26. The van der Waals surface area contributed by atoms with E-state index in [1.807, 2.05) is 36.4 Å². The Bertz CT molecular complexity index is 2840. The first-order valence-corrected chi connectivity index (χ1v) is 16.8. The fraction of sp³-hybridized carbons (Fsp3) is 0. The molecule has 0 amide bonds. The van der Waals surface area contributed by atoms with Gasteiger partial charge in [-0.3, -0.25) is 4.57 Å². The van der Waals surface area contributed by atoms with Crippen LogP contribution in [0.2, 0.25) is 0 Å². The topological polar surface area (TPSA) is 43.9 Å². The van der Waals surface area contributed by atoms with Gasteiger partial charge in [-0.2, -0.15) is 0 Å². The summed E-state index contributed by atoms with van der Waals surface area (Å²) in [6.07, 6.45) is 0. The van der Waals surface area contributed by atoms with Crippen molar-refractivity contribution in [1.82, 2.24) is 14.5 Å². The average Bonchev–Trinajstić information content (AvgIpc) is 3.74. The van der Waals surface area contributed by atoms with Gasteiger partial charge in [-0.25, -0.2) is 9.97 Å². The van der Waals surface area contributed by atoms with Crippen LogP contribution in [0.3, 0.4) is 0 Å². The van der Waals surface area contributed by atoms with Crippen molar-refractivity contribution in [2.75, 3.05) is 0 Å². The first kappa shape index (κ1) is 28.3. The second-order valence-electron chi connectivity index (χ2n) is 12.6. The van der Waals surface area contributed by atoms with Gasteiger partial charge in [0, 0.05) is 38.5 Å². The minimum atomic E-state index is 0.692. The van der Waals surface area contributed by atoms with Gasteiger partial charge in [0.15, 0.2) is 5.82 Å². The summed E-state index contributed by atoms with van der Waals surface area (Å²) in [5.74, 6) is 0.692. The van der Waals surface area contributed by atoms with E-state index < -0.39 is 0 Å². The molecule has 4 nitrogen and oxygen atoms in total. The monoisotopic (exact) mass is 639 g/mol. The molecule has 0 radical (unpaired) electrons. The standard InChI is InChI=1S/C46H29N3O/c1-4-13-30(14-5-1)34-25-28-40-39(29-34)42-43(32-15-6-2-7-16-32)47-45(33-17-8-3-9-18-33)48-46(42)49(40)35-26-23-31(24-27-35)36-20-12-21-38-37-19-10-11-22-41(37)50-44(36)38/h1-29H. The van der Waals surface area contributed by atoms with Crippen LogP contribution in [0.1, 0.15) is 0 Å². The molecule has 4 heteroatoms. The number of hydrogen-bond donors (Lipinski definition) is 0. The van der Waals surface area contributed by atoms with Crippen molar-refractivity contribution >= 4 is 43.9 Å². The highest BCUT2D eigenvalue weighted by Crippen LogP contribution is 2.41. The molecule has 0 spiro atoms. The lowest BCUT2D eigenvalue weighted by Crippen LogP contribution is -1.99. The number of rotatable bonds is 5. The molecule has 234 valence electrons. The Morgan fingerprint density at radius 1 is 0.440 bits per heavy atom. The molecule has 3 aromatic heterocycles. The van der Waals surface area contributed by atoms with E-state index in [9.17, 15) is 0 Å². The van der Waals surface area contributed by atoms with Crippen LogP contribution in [0.4, 0.5) is 0 Å². The number of benzene rings is 7. The van der Waals surface area contributed by atoms with Gasteiger partial charge in [0.05, 0.1) is 16.6 Å². The van der Waals surface area contributed by atoms with E-state index in [4.69, 9.17) is 14.4 Å². The van der Waals surface area contributed by atoms with Gasteiger partial charge < -0.3 is 4.42 Å². The number of nitrogens with zero attached hydrogens (tertiary/aromatic N) is 3. The fourth-order valence-corrected chi connectivity index (χ4v) is 7.26. The Hall–Kier alpha value is -6.78. The lowest BCUT2D eigenvalue weighted by atomic mass is 10.0. The van der Waals surface area contributed by atoms with Crippen molar-refractivity contribution in [3.63, 3.8) is 0 Å². The second-order valence-corrected chi connectivity index (χ2v) is 12.6. The van der Waals surface area contributed by atoms with Crippen molar-refractivity contribution in [1.29, 1.82) is 0 Å². The highest BCUT2D eigenvalue weighted by Gasteiger charge is 2.22. The second kappa shape index (κ2) is 11.4. The van der Waals surface area contributed by atoms with E-state index in [0.29, 0.717) is 5.82 Å². The van der Waals surface area contributed by atoms with Crippen LogP contribution in [0.25, 0.3) is 94.5 Å². The van der Waals surface area contributed by atoms with Crippen molar-refractivity contribution in [3.8, 4) is 50.6 Å². The maximum atomic E-state index is 6.39. The van der Waals surface area contributed by atoms with Crippen molar-refractivity contribution in [3.05, 3.63) is 176 Å². The van der Waals surface area contributed by atoms with Crippen LogP contribution >= 0.6 is 0 Å². The molecule has 0 atom stereocenters. The van der Waals surface area contributed by atoms with Gasteiger partial charge in [0.1, 0.15) is 16.8 Å². The molecule has 0 saturated carbocycles. The number of aromatic nitrogens is 3. The number of hydrogen-bond acceptors (Lipinski definition) is 3. The van der Waals surface area contributed by atoms with Crippen molar-refractivity contribution < 1.29 is 4.42 Å². The largest absolute Gasteiger partial charge is 0.455 e. The molecule has 7 aromatic carbocycles. The molecule has 0 aliphatic heterocycles. The van der Waals surface area contributed by atoms with Crippen LogP contribution in [-0.4, -0.2) is 14.5 Å². The Morgan fingerprint density at radius 3 is 1.84 bits per heavy atom. The molecule has 0 aliphatic rings. The number of para-hydroxylation sites is 2. The zero-order valence-electron chi connectivity index (χ0n) is 27.0. The first-order chi connectivity index (χ1) is 24.8. The van der Waals surface area contributed by atoms with Gasteiger partial charge in [-0.15, -0.1) is 0 Å². The van der Waals surface area contributed by atoms with Crippen LogP contribution in [0.15, 0.2) is 180 Å². The molecule has 0 fully saturated rings. The predicted octanol–water partition coefficient (Wildman–Crippen LogP) is 12.1. The van der Waals surface area contributed by atoms with E-state index in [0.717, 1.165) is 83.1 Å². The molecule has 3 heterocycles. The van der Waals surface area contributed by atoms with Crippen molar-refractivity contribution in [2.24, 2.45) is 0 Å². The summed E-state index contributed by atoms with van der Waals surface area (Å²) in [6.45, 7) is 0. The SMILES string of the molecule is c1ccc(-c2ccc3c(c2)c2c(-c4ccccc4)nc(-c4ccccc4)nc2n3-c2ccc(-c3cccc4c3oc3ccccc34)cc2)cc1. The highest BCUT2D eigenvalue weighted by molar-refractivity contribution is 6.15. The Morgan fingerprint density at radius 2 is 1.08 bits per heavy atom. The molecule has 0 saturated heterocycles. The minimum absolute atomic E-state index is 0.692. The Kier molecular flexibility index (Phi) is 6.46. The van der Waals surface area contributed by atoms with Crippen LogP contribution in [0.5, 0.6) is 0 Å². The van der Waals surface area contributed by atoms with E-state index in [-0.39, 0.29) is 0 Å². The minimum Gasteiger partial charge on any atom is -0.455 e. The molecule has 10 rings (SSSR count). The van der Waals surface area contributed by atoms with E-state index >= 15 is 0 Å². The lowest BCUT2D eigenvalue weighted by molar-refractivity contribution is 0.670. The molecule has 50 heavy (non-hydrogen) atoms. The third-order valence-electron chi connectivity index (χ3n) is 9.64. The van der Waals surface area contributed by atoms with Crippen LogP contribution in [-0.2, 0) is 0 Å². The van der Waals surface area contributed by atoms with Gasteiger partial charge in [-0.05, 0) is 47.0 Å².